The van der Waals surface area contributed by atoms with Crippen molar-refractivity contribution in [2.45, 2.75) is 44.9 Å². The highest BCUT2D eigenvalue weighted by atomic mass is 16.5. The molecule has 1 aromatic rings. The number of rotatable bonds is 6. The topological polar surface area (TPSA) is 59.1 Å². The fourth-order valence-electron chi connectivity index (χ4n) is 4.19. The van der Waals surface area contributed by atoms with Gasteiger partial charge in [-0.2, -0.15) is 0 Å². The third-order valence-electron chi connectivity index (χ3n) is 5.94. The van der Waals surface area contributed by atoms with Crippen LogP contribution in [0, 0.1) is 5.92 Å². The summed E-state index contributed by atoms with van der Waals surface area (Å²) < 4.78 is 10.6. The molecule has 2 saturated heterocycles. The average molecular weight is 389 g/mol. The number of methoxy groups -OCH3 is 2. The van der Waals surface area contributed by atoms with Gasteiger partial charge >= 0.3 is 0 Å². The number of ether oxygens (including phenoxy) is 2. The van der Waals surface area contributed by atoms with Crippen molar-refractivity contribution >= 4 is 11.8 Å². The zero-order chi connectivity index (χ0) is 19.9. The van der Waals surface area contributed by atoms with E-state index in [0.717, 1.165) is 44.3 Å². The van der Waals surface area contributed by atoms with Gasteiger partial charge in [0.1, 0.15) is 0 Å². The van der Waals surface area contributed by atoms with Crippen LogP contribution in [0.5, 0.6) is 11.5 Å². The van der Waals surface area contributed by atoms with Gasteiger partial charge in [-0.15, -0.1) is 0 Å². The Morgan fingerprint density at radius 2 is 1.61 bits per heavy atom. The van der Waals surface area contributed by atoms with Gasteiger partial charge in [-0.3, -0.25) is 9.59 Å². The molecule has 1 aromatic carbocycles. The van der Waals surface area contributed by atoms with Gasteiger partial charge in [0.15, 0.2) is 11.5 Å². The summed E-state index contributed by atoms with van der Waals surface area (Å²) in [5.41, 5.74) is 1.06. The molecular weight excluding hydrogens is 356 g/mol. The summed E-state index contributed by atoms with van der Waals surface area (Å²) in [6.45, 7) is 3.19. The quantitative estimate of drug-likeness (QED) is 0.752. The second kappa shape index (κ2) is 9.80. The molecule has 2 fully saturated rings. The predicted octanol–water partition coefficient (Wildman–Crippen LogP) is 2.89. The van der Waals surface area contributed by atoms with Crippen molar-refractivity contribution in [3.8, 4) is 11.5 Å². The first-order chi connectivity index (χ1) is 13.6. The van der Waals surface area contributed by atoms with Gasteiger partial charge in [-0.1, -0.05) is 6.07 Å². The molecule has 2 amide bonds. The molecule has 0 aliphatic carbocycles. The van der Waals surface area contributed by atoms with Crippen LogP contribution in [0.3, 0.4) is 0 Å². The van der Waals surface area contributed by atoms with Crippen LogP contribution in [0.15, 0.2) is 18.2 Å². The molecule has 6 nitrogen and oxygen atoms in total. The molecule has 2 aliphatic rings. The number of amides is 2. The van der Waals surface area contributed by atoms with E-state index >= 15 is 0 Å². The van der Waals surface area contributed by atoms with Crippen LogP contribution in [0.4, 0.5) is 0 Å². The van der Waals surface area contributed by atoms with Crippen molar-refractivity contribution in [1.82, 2.24) is 9.80 Å². The molecule has 0 N–H and O–H groups in total. The van der Waals surface area contributed by atoms with Crippen LogP contribution in [-0.2, 0) is 16.0 Å². The zero-order valence-electron chi connectivity index (χ0n) is 17.1. The number of piperidine rings is 2. The zero-order valence-corrected chi connectivity index (χ0v) is 17.1. The molecule has 0 atom stereocenters. The monoisotopic (exact) mass is 388 g/mol. The van der Waals surface area contributed by atoms with Crippen LogP contribution in [0.25, 0.3) is 0 Å². The van der Waals surface area contributed by atoms with Gasteiger partial charge in [0.25, 0.3) is 0 Å². The predicted molar refractivity (Wildman–Crippen MR) is 108 cm³/mol. The minimum absolute atomic E-state index is 0.0907. The maximum absolute atomic E-state index is 12.7. The Bertz CT molecular complexity index is 677. The van der Waals surface area contributed by atoms with E-state index < -0.39 is 0 Å². The molecule has 0 aromatic heterocycles. The average Bonchev–Trinajstić information content (AvgIpc) is 2.77. The number of likely N-dealkylation sites (tertiary alicyclic amines) is 2. The highest BCUT2D eigenvalue weighted by Crippen LogP contribution is 2.28. The molecule has 0 unspecified atom stereocenters. The Kier molecular flexibility index (Phi) is 7.18. The van der Waals surface area contributed by atoms with Gasteiger partial charge in [-0.05, 0) is 56.2 Å². The lowest BCUT2D eigenvalue weighted by Crippen LogP contribution is -2.45. The molecule has 0 radical (unpaired) electrons. The number of hydrogen-bond acceptors (Lipinski definition) is 4. The first-order valence-electron chi connectivity index (χ1n) is 10.4. The molecule has 154 valence electrons. The minimum atomic E-state index is 0.0907. The summed E-state index contributed by atoms with van der Waals surface area (Å²) in [5, 5.41) is 0. The van der Waals surface area contributed by atoms with E-state index in [4.69, 9.17) is 9.47 Å². The van der Waals surface area contributed by atoms with E-state index in [-0.39, 0.29) is 11.8 Å². The molecule has 28 heavy (non-hydrogen) atoms. The highest BCUT2D eigenvalue weighted by molar-refractivity contribution is 5.80. The molecule has 0 saturated carbocycles. The second-order valence-corrected chi connectivity index (χ2v) is 7.73. The van der Waals surface area contributed by atoms with E-state index in [1.54, 1.807) is 14.2 Å². The van der Waals surface area contributed by atoms with Crippen molar-refractivity contribution in [3.05, 3.63) is 23.8 Å². The summed E-state index contributed by atoms with van der Waals surface area (Å²) in [6, 6.07) is 5.77. The Hall–Kier alpha value is -2.24. The van der Waals surface area contributed by atoms with Crippen LogP contribution >= 0.6 is 0 Å². The summed E-state index contributed by atoms with van der Waals surface area (Å²) in [5.74, 6) is 1.94. The van der Waals surface area contributed by atoms with Gasteiger partial charge < -0.3 is 19.3 Å². The fraction of sp³-hybridized carbons (Fsp3) is 0.636. The number of carbonyl (C=O) groups is 2. The molecule has 3 rings (SSSR count). The van der Waals surface area contributed by atoms with E-state index in [2.05, 4.69) is 0 Å². The summed E-state index contributed by atoms with van der Waals surface area (Å²) >= 11 is 0. The molecule has 6 heteroatoms. The Balaban J connectivity index is 1.45. The van der Waals surface area contributed by atoms with Crippen molar-refractivity contribution < 1.29 is 19.1 Å². The number of nitrogens with zero attached hydrogens (tertiary/aromatic N) is 2. The fourth-order valence-corrected chi connectivity index (χ4v) is 4.19. The largest absolute Gasteiger partial charge is 0.493 e. The van der Waals surface area contributed by atoms with E-state index in [0.29, 0.717) is 43.3 Å². The smallest absolute Gasteiger partial charge is 0.225 e. The second-order valence-electron chi connectivity index (χ2n) is 7.73. The lowest BCUT2D eigenvalue weighted by molar-refractivity contribution is -0.141. The van der Waals surface area contributed by atoms with E-state index in [1.165, 1.54) is 6.42 Å². The third kappa shape index (κ3) is 4.97. The number of hydrogen-bond donors (Lipinski definition) is 0. The van der Waals surface area contributed by atoms with Crippen LogP contribution in [0.2, 0.25) is 0 Å². The first kappa shape index (κ1) is 20.5. The minimum Gasteiger partial charge on any atom is -0.493 e. The maximum atomic E-state index is 12.7. The molecule has 0 bridgehead atoms. The Morgan fingerprint density at radius 3 is 2.25 bits per heavy atom. The normalized spacial score (nSPS) is 18.1. The lowest BCUT2D eigenvalue weighted by atomic mass is 9.94. The van der Waals surface area contributed by atoms with Crippen molar-refractivity contribution in [1.29, 1.82) is 0 Å². The molecule has 2 aliphatic heterocycles. The Morgan fingerprint density at radius 1 is 0.929 bits per heavy atom. The standard InChI is InChI=1S/C22H32N2O4/c1-27-19-8-6-17(16-20(19)28-2)7-9-21(25)23-14-10-18(11-15-23)22(26)24-12-4-3-5-13-24/h6,8,16,18H,3-5,7,9-15H2,1-2H3. The summed E-state index contributed by atoms with van der Waals surface area (Å²) in [4.78, 5) is 29.2. The molecule has 2 heterocycles. The molecule has 0 spiro atoms. The first-order valence-corrected chi connectivity index (χ1v) is 10.4. The number of carbonyl (C=O) groups excluding carboxylic acids is 2. The molecular formula is C22H32N2O4. The highest BCUT2D eigenvalue weighted by Gasteiger charge is 2.30. The van der Waals surface area contributed by atoms with Crippen LogP contribution in [-0.4, -0.2) is 62.0 Å². The summed E-state index contributed by atoms with van der Waals surface area (Å²) in [7, 11) is 3.23. The maximum Gasteiger partial charge on any atom is 0.225 e. The van der Waals surface area contributed by atoms with Gasteiger partial charge in [-0.25, -0.2) is 0 Å². The van der Waals surface area contributed by atoms with Gasteiger partial charge in [0.2, 0.25) is 11.8 Å². The van der Waals surface area contributed by atoms with Crippen LogP contribution < -0.4 is 9.47 Å². The van der Waals surface area contributed by atoms with Crippen molar-refractivity contribution in [3.63, 3.8) is 0 Å². The van der Waals surface area contributed by atoms with E-state index in [1.807, 2.05) is 28.0 Å². The van der Waals surface area contributed by atoms with Crippen LogP contribution in [0.1, 0.15) is 44.1 Å². The number of aryl methyl sites for hydroxylation is 1. The lowest BCUT2D eigenvalue weighted by Gasteiger charge is -2.35. The third-order valence-corrected chi connectivity index (χ3v) is 5.94. The summed E-state index contributed by atoms with van der Waals surface area (Å²) in [6.07, 6.45) is 6.20. The van der Waals surface area contributed by atoms with Gasteiger partial charge in [0.05, 0.1) is 14.2 Å². The van der Waals surface area contributed by atoms with Gasteiger partial charge in [0, 0.05) is 38.5 Å². The Labute approximate surface area is 167 Å². The van der Waals surface area contributed by atoms with Crippen molar-refractivity contribution in [2.24, 2.45) is 5.92 Å². The van der Waals surface area contributed by atoms with E-state index in [9.17, 15) is 9.59 Å². The number of benzene rings is 1. The van der Waals surface area contributed by atoms with Crippen molar-refractivity contribution in [2.75, 3.05) is 40.4 Å². The SMILES string of the molecule is COc1ccc(CCC(=O)N2CCC(C(=O)N3CCCCC3)CC2)cc1OC.